The average molecular weight is 697 g/mol. The van der Waals surface area contributed by atoms with Crippen molar-refractivity contribution in [2.45, 2.75) is 75.0 Å². The van der Waals surface area contributed by atoms with Gasteiger partial charge in [-0.15, -0.1) is 0 Å². The van der Waals surface area contributed by atoms with Crippen molar-refractivity contribution in [3.8, 4) is 34.1 Å². The van der Waals surface area contributed by atoms with Gasteiger partial charge in [0.25, 0.3) is 0 Å². The van der Waals surface area contributed by atoms with Gasteiger partial charge in [0.15, 0.2) is 30.3 Å². The summed E-state index contributed by atoms with van der Waals surface area (Å²) in [7, 11) is 0.769. The van der Waals surface area contributed by atoms with E-state index in [1.165, 1.54) is 77.6 Å². The first kappa shape index (κ1) is 31.7. The fourth-order valence-corrected chi connectivity index (χ4v) is 9.81. The van der Waals surface area contributed by atoms with E-state index in [2.05, 4.69) is 131 Å². The van der Waals surface area contributed by atoms with Gasteiger partial charge in [0.1, 0.15) is 0 Å². The summed E-state index contributed by atoms with van der Waals surface area (Å²) in [6.07, 6.45) is 2.35. The SMILES string of the molecule is Cc1cc(-c2cccc3c2Nc2ccccc2S3)c2c(c1)N(c1cc3c(cc1C)C(C)(C)CCC3(C)C)c1cc3c(cc1B2)Oc1ccccc1O3. The third-order valence-electron chi connectivity index (χ3n) is 11.7. The maximum Gasteiger partial charge on any atom is 0.198 e. The summed E-state index contributed by atoms with van der Waals surface area (Å²) in [5.74, 6) is 2.99. The fraction of sp³-hybridized carbons (Fsp3) is 0.217. The number of ether oxygens (including phenoxy) is 2. The van der Waals surface area contributed by atoms with Crippen LogP contribution in [0.3, 0.4) is 0 Å². The Morgan fingerprint density at radius 2 is 1.31 bits per heavy atom. The van der Waals surface area contributed by atoms with Crippen molar-refractivity contribution < 1.29 is 9.47 Å². The summed E-state index contributed by atoms with van der Waals surface area (Å²) in [4.78, 5) is 5.02. The topological polar surface area (TPSA) is 33.7 Å². The lowest BCUT2D eigenvalue weighted by molar-refractivity contribution is 0.332. The number of hydrogen-bond donors (Lipinski definition) is 1. The molecule has 3 heterocycles. The number of nitrogens with one attached hydrogen (secondary N) is 1. The van der Waals surface area contributed by atoms with Crippen molar-refractivity contribution in [2.24, 2.45) is 0 Å². The Hall–Kier alpha value is -5.07. The van der Waals surface area contributed by atoms with E-state index in [-0.39, 0.29) is 10.8 Å². The van der Waals surface area contributed by atoms with Gasteiger partial charge in [-0.3, -0.25) is 0 Å². The number of para-hydroxylation sites is 4. The summed E-state index contributed by atoms with van der Waals surface area (Å²) >= 11 is 1.84. The van der Waals surface area contributed by atoms with Crippen LogP contribution in [0.5, 0.6) is 23.0 Å². The quantitative estimate of drug-likeness (QED) is 0.182. The Labute approximate surface area is 311 Å². The molecule has 0 atom stereocenters. The zero-order chi connectivity index (χ0) is 35.5. The van der Waals surface area contributed by atoms with Crippen molar-refractivity contribution in [3.05, 3.63) is 125 Å². The molecule has 10 rings (SSSR count). The zero-order valence-electron chi connectivity index (χ0n) is 30.6. The molecule has 0 spiro atoms. The Bertz CT molecular complexity index is 2500. The molecule has 6 aromatic carbocycles. The van der Waals surface area contributed by atoms with Crippen LogP contribution in [0.2, 0.25) is 0 Å². The van der Waals surface area contributed by atoms with Gasteiger partial charge < -0.3 is 19.7 Å². The molecule has 4 nitrogen and oxygen atoms in total. The molecule has 0 saturated carbocycles. The molecule has 0 amide bonds. The second-order valence-electron chi connectivity index (χ2n) is 16.3. The second kappa shape index (κ2) is 11.2. The van der Waals surface area contributed by atoms with Gasteiger partial charge >= 0.3 is 0 Å². The van der Waals surface area contributed by atoms with Crippen LogP contribution in [0.15, 0.2) is 113 Å². The third-order valence-corrected chi connectivity index (χ3v) is 12.9. The largest absolute Gasteiger partial charge is 0.450 e. The number of nitrogens with zero attached hydrogens (tertiary/aromatic N) is 1. The molecule has 0 bridgehead atoms. The van der Waals surface area contributed by atoms with Crippen molar-refractivity contribution in [1.29, 1.82) is 0 Å². The van der Waals surface area contributed by atoms with Crippen LogP contribution in [0, 0.1) is 13.8 Å². The molecular weight excluding hydrogens is 655 g/mol. The van der Waals surface area contributed by atoms with Gasteiger partial charge in [0, 0.05) is 38.5 Å². The van der Waals surface area contributed by atoms with Crippen molar-refractivity contribution in [2.75, 3.05) is 10.2 Å². The Morgan fingerprint density at radius 3 is 2.08 bits per heavy atom. The van der Waals surface area contributed by atoms with Crippen molar-refractivity contribution in [1.82, 2.24) is 0 Å². The lowest BCUT2D eigenvalue weighted by Gasteiger charge is -2.44. The Balaban J connectivity index is 1.21. The zero-order valence-corrected chi connectivity index (χ0v) is 31.4. The van der Waals surface area contributed by atoms with Crippen LogP contribution >= 0.6 is 11.8 Å². The number of hydrogen-bond acceptors (Lipinski definition) is 5. The van der Waals surface area contributed by atoms with Gasteiger partial charge in [-0.25, -0.2) is 0 Å². The minimum atomic E-state index is 0.0752. The van der Waals surface area contributed by atoms with Crippen molar-refractivity contribution >= 4 is 58.4 Å². The van der Waals surface area contributed by atoms with E-state index in [4.69, 9.17) is 9.47 Å². The molecule has 0 unspecified atom stereocenters. The molecule has 0 saturated heterocycles. The second-order valence-corrected chi connectivity index (χ2v) is 17.3. The highest BCUT2D eigenvalue weighted by molar-refractivity contribution is 7.99. The van der Waals surface area contributed by atoms with Gasteiger partial charge in [-0.1, -0.05) is 93.5 Å². The third kappa shape index (κ3) is 4.84. The first-order valence-corrected chi connectivity index (χ1v) is 19.2. The lowest BCUT2D eigenvalue weighted by atomic mass is 9.57. The normalized spacial score (nSPS) is 16.5. The standard InChI is InChI=1S/C46H41BN2O2S/c1-26-20-29(28-12-11-17-42-44(28)48-33-13-7-10-16-41(33)52-42)43-36(21-26)49(34-23-31-30(22-27(34)2)45(3,4)18-19-46(31,5)6)35-25-40-39(24-32(35)47-43)50-37-14-8-9-15-38(37)51-40/h7-17,20-25,47-48H,18-19H2,1-6H3. The summed E-state index contributed by atoms with van der Waals surface area (Å²) in [5.41, 5.74) is 16.5. The van der Waals surface area contributed by atoms with Crippen LogP contribution in [0.4, 0.5) is 28.4 Å². The maximum absolute atomic E-state index is 6.54. The van der Waals surface area contributed by atoms with Crippen LogP contribution in [0.1, 0.15) is 62.8 Å². The summed E-state index contributed by atoms with van der Waals surface area (Å²) in [6.45, 7) is 14.2. The lowest BCUT2D eigenvalue weighted by Crippen LogP contribution is -2.41. The molecular formula is C46H41BN2O2S. The average Bonchev–Trinajstić information content (AvgIpc) is 3.13. The molecule has 52 heavy (non-hydrogen) atoms. The van der Waals surface area contributed by atoms with Gasteiger partial charge in [0.2, 0.25) is 0 Å². The molecule has 4 aliphatic rings. The number of fused-ring (bicyclic) bond motifs is 7. The minimum absolute atomic E-state index is 0.0752. The summed E-state index contributed by atoms with van der Waals surface area (Å²) < 4.78 is 13.0. The Morgan fingerprint density at radius 1 is 0.635 bits per heavy atom. The van der Waals surface area contributed by atoms with Crippen LogP contribution in [-0.4, -0.2) is 7.28 Å². The van der Waals surface area contributed by atoms with E-state index in [9.17, 15) is 0 Å². The first-order chi connectivity index (χ1) is 25.0. The van der Waals surface area contributed by atoms with E-state index < -0.39 is 0 Å². The van der Waals surface area contributed by atoms with Gasteiger partial charge in [-0.2, -0.15) is 0 Å². The molecule has 6 aromatic rings. The van der Waals surface area contributed by atoms with E-state index in [1.54, 1.807) is 0 Å². The van der Waals surface area contributed by atoms with E-state index in [0.717, 1.165) is 48.1 Å². The molecule has 256 valence electrons. The van der Waals surface area contributed by atoms with Crippen LogP contribution < -0.4 is 30.6 Å². The molecule has 0 aromatic heterocycles. The fourth-order valence-electron chi connectivity index (χ4n) is 8.79. The molecule has 1 N–H and O–H groups in total. The predicted octanol–water partition coefficient (Wildman–Crippen LogP) is 11.6. The smallest absolute Gasteiger partial charge is 0.198 e. The number of rotatable bonds is 2. The highest BCUT2D eigenvalue weighted by Crippen LogP contribution is 2.53. The highest BCUT2D eigenvalue weighted by Gasteiger charge is 2.39. The first-order valence-electron chi connectivity index (χ1n) is 18.4. The van der Waals surface area contributed by atoms with E-state index >= 15 is 0 Å². The van der Waals surface area contributed by atoms with Crippen LogP contribution in [0.25, 0.3) is 11.1 Å². The Kier molecular flexibility index (Phi) is 6.83. The predicted molar refractivity (Wildman–Crippen MR) is 218 cm³/mol. The number of benzene rings is 6. The van der Waals surface area contributed by atoms with E-state index in [0.29, 0.717) is 0 Å². The molecule has 6 heteroatoms. The van der Waals surface area contributed by atoms with Gasteiger partial charge in [-0.05, 0) is 119 Å². The summed E-state index contributed by atoms with van der Waals surface area (Å²) in [5, 5.41) is 3.84. The maximum atomic E-state index is 6.54. The minimum Gasteiger partial charge on any atom is -0.450 e. The number of aryl methyl sites for hydroxylation is 2. The molecule has 0 fully saturated rings. The molecule has 3 aliphatic heterocycles. The summed E-state index contributed by atoms with van der Waals surface area (Å²) in [6, 6.07) is 37.4. The van der Waals surface area contributed by atoms with E-state index in [1.807, 2.05) is 36.0 Å². The number of anilines is 5. The molecule has 0 radical (unpaired) electrons. The monoisotopic (exact) mass is 696 g/mol. The van der Waals surface area contributed by atoms with Gasteiger partial charge in [0.05, 0.1) is 11.4 Å². The van der Waals surface area contributed by atoms with Crippen LogP contribution in [-0.2, 0) is 10.8 Å². The van der Waals surface area contributed by atoms with Crippen molar-refractivity contribution in [3.63, 3.8) is 0 Å². The molecule has 1 aliphatic carbocycles. The highest BCUT2D eigenvalue weighted by atomic mass is 32.2.